The predicted octanol–water partition coefficient (Wildman–Crippen LogP) is 2.33. The van der Waals surface area contributed by atoms with Crippen LogP contribution in [-0.4, -0.2) is 85.7 Å². The lowest BCUT2D eigenvalue weighted by molar-refractivity contribution is -0.121. The number of fused-ring (bicyclic) bond motifs is 2. The Morgan fingerprint density at radius 2 is 1.79 bits per heavy atom. The average molecular weight is 469 g/mol. The lowest BCUT2D eigenvalue weighted by atomic mass is 10.2. The third-order valence-corrected chi connectivity index (χ3v) is 5.86. The molecule has 0 saturated carbocycles. The fraction of sp³-hybridized carbons (Fsp3) is 0.480. The number of amides is 2. The highest BCUT2D eigenvalue weighted by molar-refractivity contribution is 5.98. The van der Waals surface area contributed by atoms with Crippen molar-refractivity contribution in [2.24, 2.45) is 0 Å². The molecule has 1 N–H and O–H groups in total. The van der Waals surface area contributed by atoms with Gasteiger partial charge in [-0.2, -0.15) is 0 Å². The molecule has 2 amide bonds. The van der Waals surface area contributed by atoms with Crippen LogP contribution in [0.2, 0.25) is 0 Å². The SMILES string of the molecule is O=C(CN1CCCCCOc2ccccc2Oc2ncccc2C1=O)NCCN1CCOCC1. The Kier molecular flexibility index (Phi) is 8.70. The van der Waals surface area contributed by atoms with Crippen molar-refractivity contribution in [3.63, 3.8) is 0 Å². The van der Waals surface area contributed by atoms with Gasteiger partial charge in [-0.25, -0.2) is 4.98 Å². The van der Waals surface area contributed by atoms with Gasteiger partial charge >= 0.3 is 0 Å². The first-order valence-corrected chi connectivity index (χ1v) is 11.9. The number of para-hydroxylation sites is 2. The molecule has 1 saturated heterocycles. The fourth-order valence-corrected chi connectivity index (χ4v) is 3.99. The van der Waals surface area contributed by atoms with Crippen LogP contribution in [0, 0.1) is 0 Å². The summed E-state index contributed by atoms with van der Waals surface area (Å²) in [7, 11) is 0. The Hall–Kier alpha value is -3.17. The Labute approximate surface area is 200 Å². The Morgan fingerprint density at radius 3 is 2.65 bits per heavy atom. The number of benzene rings is 1. The smallest absolute Gasteiger partial charge is 0.259 e. The Bertz CT molecular complexity index is 964. The molecule has 4 rings (SSSR count). The van der Waals surface area contributed by atoms with Gasteiger partial charge in [-0.3, -0.25) is 14.5 Å². The van der Waals surface area contributed by atoms with Gasteiger partial charge in [0.25, 0.3) is 5.91 Å². The van der Waals surface area contributed by atoms with Crippen molar-refractivity contribution in [3.05, 3.63) is 48.2 Å². The maximum absolute atomic E-state index is 13.5. The molecule has 0 unspecified atom stereocenters. The van der Waals surface area contributed by atoms with Crippen LogP contribution in [0.1, 0.15) is 29.6 Å². The van der Waals surface area contributed by atoms with E-state index in [2.05, 4.69) is 15.2 Å². The number of nitrogens with zero attached hydrogens (tertiary/aromatic N) is 3. The highest BCUT2D eigenvalue weighted by atomic mass is 16.5. The zero-order valence-corrected chi connectivity index (χ0v) is 19.4. The molecule has 0 radical (unpaired) electrons. The molecular formula is C25H32N4O5. The van der Waals surface area contributed by atoms with Gasteiger partial charge in [0.15, 0.2) is 11.5 Å². The average Bonchev–Trinajstić information content (AvgIpc) is 2.87. The Balaban J connectivity index is 1.45. The summed E-state index contributed by atoms with van der Waals surface area (Å²) in [5, 5.41) is 2.95. The van der Waals surface area contributed by atoms with Crippen molar-refractivity contribution < 1.29 is 23.8 Å². The molecule has 0 atom stereocenters. The first kappa shape index (κ1) is 24.0. The van der Waals surface area contributed by atoms with Gasteiger partial charge < -0.3 is 24.4 Å². The second-order valence-corrected chi connectivity index (χ2v) is 8.34. The molecule has 0 bridgehead atoms. The summed E-state index contributed by atoms with van der Waals surface area (Å²) in [6.07, 6.45) is 4.07. The molecule has 0 aliphatic carbocycles. The van der Waals surface area contributed by atoms with Crippen molar-refractivity contribution in [1.82, 2.24) is 20.1 Å². The largest absolute Gasteiger partial charge is 0.490 e. The van der Waals surface area contributed by atoms with Crippen LogP contribution in [0.3, 0.4) is 0 Å². The number of carbonyl (C=O) groups excluding carboxylic acids is 2. The van der Waals surface area contributed by atoms with Crippen molar-refractivity contribution >= 4 is 11.8 Å². The van der Waals surface area contributed by atoms with Gasteiger partial charge in [-0.1, -0.05) is 12.1 Å². The van der Waals surface area contributed by atoms with E-state index in [-0.39, 0.29) is 24.2 Å². The number of pyridine rings is 1. The lowest BCUT2D eigenvalue weighted by Crippen LogP contribution is -2.45. The zero-order valence-electron chi connectivity index (χ0n) is 19.4. The number of carbonyl (C=O) groups is 2. The summed E-state index contributed by atoms with van der Waals surface area (Å²) >= 11 is 0. The van der Waals surface area contributed by atoms with Crippen molar-refractivity contribution in [3.8, 4) is 17.4 Å². The minimum atomic E-state index is -0.274. The quantitative estimate of drug-likeness (QED) is 0.720. The summed E-state index contributed by atoms with van der Waals surface area (Å²) in [5.74, 6) is 0.861. The number of nitrogens with one attached hydrogen (secondary N) is 1. The van der Waals surface area contributed by atoms with Crippen molar-refractivity contribution in [2.45, 2.75) is 19.3 Å². The second-order valence-electron chi connectivity index (χ2n) is 8.34. The molecule has 2 aliphatic heterocycles. The van der Waals surface area contributed by atoms with E-state index in [1.165, 1.54) is 0 Å². The third kappa shape index (κ3) is 6.68. The molecule has 9 heteroatoms. The van der Waals surface area contributed by atoms with Crippen LogP contribution in [-0.2, 0) is 9.53 Å². The first-order valence-electron chi connectivity index (χ1n) is 11.9. The highest BCUT2D eigenvalue weighted by Crippen LogP contribution is 2.32. The van der Waals surface area contributed by atoms with Crippen LogP contribution in [0.5, 0.6) is 17.4 Å². The van der Waals surface area contributed by atoms with Gasteiger partial charge in [0.1, 0.15) is 5.56 Å². The second kappa shape index (κ2) is 12.3. The Morgan fingerprint density at radius 1 is 0.971 bits per heavy atom. The number of hydrogen-bond acceptors (Lipinski definition) is 7. The molecule has 0 spiro atoms. The first-order chi connectivity index (χ1) is 16.7. The maximum atomic E-state index is 13.5. The normalized spacial score (nSPS) is 17.6. The van der Waals surface area contributed by atoms with Gasteiger partial charge in [-0.05, 0) is 43.5 Å². The number of aromatic nitrogens is 1. The van der Waals surface area contributed by atoms with Crippen LogP contribution >= 0.6 is 0 Å². The highest BCUT2D eigenvalue weighted by Gasteiger charge is 2.24. The molecule has 3 heterocycles. The van der Waals surface area contributed by atoms with Gasteiger partial charge in [0.2, 0.25) is 11.8 Å². The summed E-state index contributed by atoms with van der Waals surface area (Å²) in [6, 6.07) is 10.7. The van der Waals surface area contributed by atoms with Crippen molar-refractivity contribution in [1.29, 1.82) is 0 Å². The fourth-order valence-electron chi connectivity index (χ4n) is 3.99. The van der Waals surface area contributed by atoms with Crippen LogP contribution in [0.15, 0.2) is 42.6 Å². The summed E-state index contributed by atoms with van der Waals surface area (Å²) in [5.41, 5.74) is 0.317. The molecule has 1 aromatic carbocycles. The van der Waals surface area contributed by atoms with Crippen LogP contribution in [0.4, 0.5) is 0 Å². The van der Waals surface area contributed by atoms with E-state index in [9.17, 15) is 9.59 Å². The number of ether oxygens (including phenoxy) is 3. The molecule has 34 heavy (non-hydrogen) atoms. The van der Waals surface area contributed by atoms with E-state index >= 15 is 0 Å². The molecule has 1 aromatic heterocycles. The summed E-state index contributed by atoms with van der Waals surface area (Å²) in [6.45, 7) is 5.50. The molecule has 1 fully saturated rings. The summed E-state index contributed by atoms with van der Waals surface area (Å²) < 4.78 is 17.3. The van der Waals surface area contributed by atoms with Crippen LogP contribution in [0.25, 0.3) is 0 Å². The summed E-state index contributed by atoms with van der Waals surface area (Å²) in [4.78, 5) is 34.3. The van der Waals surface area contributed by atoms with E-state index in [0.29, 0.717) is 36.8 Å². The molecule has 2 aromatic rings. The van der Waals surface area contributed by atoms with E-state index in [1.54, 1.807) is 29.3 Å². The molecule has 9 nitrogen and oxygen atoms in total. The van der Waals surface area contributed by atoms with Crippen molar-refractivity contribution in [2.75, 3.05) is 59.1 Å². The minimum Gasteiger partial charge on any atom is -0.490 e. The number of rotatable bonds is 5. The molecule has 182 valence electrons. The number of morpholine rings is 1. The van der Waals surface area contributed by atoms with E-state index in [0.717, 1.165) is 52.1 Å². The predicted molar refractivity (Wildman–Crippen MR) is 126 cm³/mol. The standard InChI is InChI=1S/C25H32N4O5/c30-23(26-11-13-28-14-17-32-18-15-28)19-29-12-4-1-5-16-33-21-8-2-3-9-22(21)34-24-20(25(29)31)7-6-10-27-24/h2-3,6-10H,1,4-5,11-19H2,(H,26,30). The van der Waals surface area contributed by atoms with Gasteiger partial charge in [-0.15, -0.1) is 0 Å². The third-order valence-electron chi connectivity index (χ3n) is 5.86. The lowest BCUT2D eigenvalue weighted by Gasteiger charge is -2.27. The zero-order chi connectivity index (χ0) is 23.6. The maximum Gasteiger partial charge on any atom is 0.259 e. The van der Waals surface area contributed by atoms with Crippen LogP contribution < -0.4 is 14.8 Å². The van der Waals surface area contributed by atoms with Gasteiger partial charge in [0.05, 0.1) is 26.4 Å². The van der Waals surface area contributed by atoms with Gasteiger partial charge in [0, 0.05) is 38.9 Å². The van der Waals surface area contributed by atoms with E-state index in [1.807, 2.05) is 18.2 Å². The topological polar surface area (TPSA) is 93.2 Å². The molecular weight excluding hydrogens is 436 g/mol. The van der Waals surface area contributed by atoms with E-state index in [4.69, 9.17) is 14.2 Å². The minimum absolute atomic E-state index is 0.0105. The van der Waals surface area contributed by atoms with E-state index < -0.39 is 0 Å². The number of hydrogen-bond donors (Lipinski definition) is 1. The monoisotopic (exact) mass is 468 g/mol. The molecule has 2 aliphatic rings.